The lowest BCUT2D eigenvalue weighted by Gasteiger charge is -2.18. The minimum absolute atomic E-state index is 0.0659. The molecule has 1 unspecified atom stereocenters. The quantitative estimate of drug-likeness (QED) is 0.0348. The summed E-state index contributed by atoms with van der Waals surface area (Å²) in [5.74, 6) is 1.61. The van der Waals surface area contributed by atoms with Crippen LogP contribution in [0.2, 0.25) is 0 Å². The van der Waals surface area contributed by atoms with E-state index in [0.29, 0.717) is 19.3 Å². The van der Waals surface area contributed by atoms with Crippen LogP contribution in [0.25, 0.3) is 0 Å². The third kappa shape index (κ3) is 42.0. The fourth-order valence-corrected chi connectivity index (χ4v) is 7.38. The fraction of sp³-hybridized carbons (Fsp3) is 0.940. The number of carbonyl (C=O) groups excluding carboxylic acids is 3. The molecule has 0 amide bonds. The van der Waals surface area contributed by atoms with E-state index in [0.717, 1.165) is 75.5 Å². The number of hydrogen-bond donors (Lipinski definition) is 0. The molecule has 6 heteroatoms. The van der Waals surface area contributed by atoms with Gasteiger partial charge >= 0.3 is 17.9 Å². The monoisotopic (exact) mass is 793 g/mol. The highest BCUT2D eigenvalue weighted by Gasteiger charge is 2.19. The van der Waals surface area contributed by atoms with Crippen LogP contribution in [0.4, 0.5) is 0 Å². The highest BCUT2D eigenvalue weighted by molar-refractivity contribution is 5.71. The first-order valence-electron chi connectivity index (χ1n) is 24.6. The van der Waals surface area contributed by atoms with Crippen LogP contribution in [0.3, 0.4) is 0 Å². The highest BCUT2D eigenvalue weighted by Crippen LogP contribution is 2.18. The van der Waals surface area contributed by atoms with E-state index in [1.807, 2.05) is 0 Å². The highest BCUT2D eigenvalue weighted by atomic mass is 16.6. The van der Waals surface area contributed by atoms with Crippen LogP contribution in [-0.4, -0.2) is 37.2 Å². The first-order valence-corrected chi connectivity index (χ1v) is 24.6. The van der Waals surface area contributed by atoms with Gasteiger partial charge < -0.3 is 14.2 Å². The Balaban J connectivity index is 4.29. The maximum Gasteiger partial charge on any atom is 0.306 e. The van der Waals surface area contributed by atoms with E-state index in [1.165, 1.54) is 148 Å². The number of carbonyl (C=O) groups is 3. The van der Waals surface area contributed by atoms with Gasteiger partial charge in [-0.3, -0.25) is 14.4 Å². The second-order valence-electron chi connectivity index (χ2n) is 18.3. The van der Waals surface area contributed by atoms with E-state index in [4.69, 9.17) is 14.2 Å². The molecule has 0 bridgehead atoms. The lowest BCUT2D eigenvalue weighted by Crippen LogP contribution is -2.30. The molecule has 6 nitrogen and oxygen atoms in total. The van der Waals surface area contributed by atoms with E-state index in [-0.39, 0.29) is 31.1 Å². The largest absolute Gasteiger partial charge is 0.462 e. The zero-order valence-electron chi connectivity index (χ0n) is 38.4. The van der Waals surface area contributed by atoms with Crippen molar-refractivity contribution in [2.45, 2.75) is 272 Å². The normalized spacial score (nSPS) is 12.6. The summed E-state index contributed by atoms with van der Waals surface area (Å²) in [6.07, 6.45) is 39.5. The Bertz CT molecular complexity index is 870. The zero-order chi connectivity index (χ0) is 41.3. The van der Waals surface area contributed by atoms with Crippen molar-refractivity contribution in [3.05, 3.63) is 0 Å². The first kappa shape index (κ1) is 54.4. The summed E-state index contributed by atoms with van der Waals surface area (Å²) in [5, 5.41) is 0. The molecule has 0 aliphatic carbocycles. The van der Waals surface area contributed by atoms with Crippen molar-refractivity contribution in [1.29, 1.82) is 0 Å². The standard InChI is InChI=1S/C50H96O6/c1-7-46(6)38-32-26-20-15-16-22-28-34-40-49(52)55-43-47(56-50(53)41-35-29-23-17-19-25-31-37-45(4)5)42-54-48(51)39-33-27-21-14-12-10-8-9-11-13-18-24-30-36-44(2)3/h44-47H,7-43H2,1-6H3/t46?,47-/m0/s1. The predicted octanol–water partition coefficient (Wildman–Crippen LogP) is 15.6. The summed E-state index contributed by atoms with van der Waals surface area (Å²) in [5.41, 5.74) is 0. The molecular weight excluding hydrogens is 697 g/mol. The Hall–Kier alpha value is -1.59. The molecule has 0 spiro atoms. The molecule has 332 valence electrons. The SMILES string of the molecule is CCC(C)CCCCCCCCCCC(=O)OC[C@H](COC(=O)CCCCCCCCCCCCCCCC(C)C)OC(=O)CCCCCCCCCC(C)C. The van der Waals surface area contributed by atoms with Crippen LogP contribution in [0, 0.1) is 17.8 Å². The molecule has 0 aromatic heterocycles. The van der Waals surface area contributed by atoms with Crippen molar-refractivity contribution >= 4 is 17.9 Å². The molecule has 0 saturated heterocycles. The van der Waals surface area contributed by atoms with Gasteiger partial charge in [-0.15, -0.1) is 0 Å². The molecule has 0 fully saturated rings. The van der Waals surface area contributed by atoms with Gasteiger partial charge in [0.25, 0.3) is 0 Å². The summed E-state index contributed by atoms with van der Waals surface area (Å²) < 4.78 is 16.8. The van der Waals surface area contributed by atoms with Crippen molar-refractivity contribution in [1.82, 2.24) is 0 Å². The Kier molecular flexibility index (Phi) is 40.4. The Labute approximate surface area is 348 Å². The lowest BCUT2D eigenvalue weighted by atomic mass is 9.99. The van der Waals surface area contributed by atoms with E-state index in [1.54, 1.807) is 0 Å². The number of hydrogen-bond acceptors (Lipinski definition) is 6. The van der Waals surface area contributed by atoms with Gasteiger partial charge in [-0.25, -0.2) is 0 Å². The van der Waals surface area contributed by atoms with Gasteiger partial charge in [-0.1, -0.05) is 228 Å². The van der Waals surface area contributed by atoms with E-state index < -0.39 is 6.10 Å². The Morgan fingerprint density at radius 3 is 0.929 bits per heavy atom. The summed E-state index contributed by atoms with van der Waals surface area (Å²) in [7, 11) is 0. The van der Waals surface area contributed by atoms with Gasteiger partial charge in [0.2, 0.25) is 0 Å². The average molecular weight is 793 g/mol. The van der Waals surface area contributed by atoms with Crippen molar-refractivity contribution in [2.75, 3.05) is 13.2 Å². The molecule has 0 radical (unpaired) electrons. The van der Waals surface area contributed by atoms with Crippen LogP contribution in [0.5, 0.6) is 0 Å². The summed E-state index contributed by atoms with van der Waals surface area (Å²) in [6.45, 7) is 13.7. The third-order valence-corrected chi connectivity index (χ3v) is 11.5. The smallest absolute Gasteiger partial charge is 0.306 e. The van der Waals surface area contributed by atoms with Crippen molar-refractivity contribution in [3.63, 3.8) is 0 Å². The maximum absolute atomic E-state index is 12.7. The van der Waals surface area contributed by atoms with Gasteiger partial charge in [0.05, 0.1) is 0 Å². The van der Waals surface area contributed by atoms with Crippen LogP contribution in [0.1, 0.15) is 266 Å². The molecule has 0 N–H and O–H groups in total. The number of unbranched alkanes of at least 4 members (excludes halogenated alkanes) is 25. The van der Waals surface area contributed by atoms with Crippen LogP contribution in [-0.2, 0) is 28.6 Å². The van der Waals surface area contributed by atoms with Crippen LogP contribution in [0.15, 0.2) is 0 Å². The molecule has 0 aliphatic rings. The summed E-state index contributed by atoms with van der Waals surface area (Å²) in [4.78, 5) is 37.8. The fourth-order valence-electron chi connectivity index (χ4n) is 7.38. The predicted molar refractivity (Wildman–Crippen MR) is 238 cm³/mol. The first-order chi connectivity index (χ1) is 27.1. The van der Waals surface area contributed by atoms with Crippen molar-refractivity contribution in [2.24, 2.45) is 17.8 Å². The van der Waals surface area contributed by atoms with Crippen LogP contribution >= 0.6 is 0 Å². The molecule has 0 aromatic carbocycles. The number of rotatable bonds is 43. The molecule has 0 saturated carbocycles. The van der Waals surface area contributed by atoms with Gasteiger partial charge in [-0.2, -0.15) is 0 Å². The molecular formula is C50H96O6. The van der Waals surface area contributed by atoms with Gasteiger partial charge in [0.1, 0.15) is 13.2 Å². The maximum atomic E-state index is 12.7. The second kappa shape index (κ2) is 41.6. The summed E-state index contributed by atoms with van der Waals surface area (Å²) >= 11 is 0. The number of ether oxygens (including phenoxy) is 3. The minimum Gasteiger partial charge on any atom is -0.462 e. The van der Waals surface area contributed by atoms with E-state index in [2.05, 4.69) is 41.5 Å². The average Bonchev–Trinajstić information content (AvgIpc) is 3.16. The summed E-state index contributed by atoms with van der Waals surface area (Å²) in [6, 6.07) is 0. The zero-order valence-corrected chi connectivity index (χ0v) is 38.4. The molecule has 0 aromatic rings. The lowest BCUT2D eigenvalue weighted by molar-refractivity contribution is -0.167. The third-order valence-electron chi connectivity index (χ3n) is 11.5. The van der Waals surface area contributed by atoms with E-state index in [9.17, 15) is 14.4 Å². The molecule has 0 heterocycles. The van der Waals surface area contributed by atoms with Crippen LogP contribution < -0.4 is 0 Å². The molecule has 0 aliphatic heterocycles. The second-order valence-corrected chi connectivity index (χ2v) is 18.3. The molecule has 0 rings (SSSR count). The van der Waals surface area contributed by atoms with Crippen molar-refractivity contribution < 1.29 is 28.6 Å². The van der Waals surface area contributed by atoms with Gasteiger partial charge in [0, 0.05) is 19.3 Å². The Morgan fingerprint density at radius 2 is 0.625 bits per heavy atom. The number of esters is 3. The Morgan fingerprint density at radius 1 is 0.357 bits per heavy atom. The van der Waals surface area contributed by atoms with E-state index >= 15 is 0 Å². The van der Waals surface area contributed by atoms with Gasteiger partial charge in [-0.05, 0) is 37.0 Å². The minimum atomic E-state index is -0.762. The van der Waals surface area contributed by atoms with Crippen molar-refractivity contribution in [3.8, 4) is 0 Å². The molecule has 56 heavy (non-hydrogen) atoms. The molecule has 2 atom stereocenters. The topological polar surface area (TPSA) is 78.9 Å². The van der Waals surface area contributed by atoms with Gasteiger partial charge in [0.15, 0.2) is 6.10 Å².